The summed E-state index contributed by atoms with van der Waals surface area (Å²) in [7, 11) is 0. The molecular weight excluding hydrogens is 174 g/mol. The van der Waals surface area contributed by atoms with Crippen molar-refractivity contribution in [3.05, 3.63) is 29.8 Å². The van der Waals surface area contributed by atoms with E-state index in [2.05, 4.69) is 0 Å². The molecule has 0 bridgehead atoms. The lowest BCUT2D eigenvalue weighted by Crippen LogP contribution is -2.05. The van der Waals surface area contributed by atoms with Crippen LogP contribution >= 0.6 is 0 Å². The molecule has 0 fully saturated rings. The van der Waals surface area contributed by atoms with Crippen molar-refractivity contribution in [1.29, 1.82) is 0 Å². The van der Waals surface area contributed by atoms with Gasteiger partial charge in [0.25, 0.3) is 0 Å². The molecule has 0 aromatic heterocycles. The van der Waals surface area contributed by atoms with Gasteiger partial charge in [0, 0.05) is 0 Å². The van der Waals surface area contributed by atoms with Gasteiger partial charge in [0.1, 0.15) is 5.75 Å². The summed E-state index contributed by atoms with van der Waals surface area (Å²) in [6.07, 6.45) is 0.809. The summed E-state index contributed by atoms with van der Waals surface area (Å²) >= 11 is 0. The zero-order valence-corrected chi connectivity index (χ0v) is 7.49. The Morgan fingerprint density at radius 1 is 1.38 bits per heavy atom. The Morgan fingerprint density at radius 2 is 2.00 bits per heavy atom. The molecule has 0 spiro atoms. The molecule has 0 unspecified atom stereocenters. The van der Waals surface area contributed by atoms with Crippen molar-refractivity contribution in [2.45, 2.75) is 13.3 Å². The van der Waals surface area contributed by atoms with Crippen molar-refractivity contribution in [3.63, 3.8) is 0 Å². The predicted octanol–water partition coefficient (Wildman–Crippen LogP) is 1.96. The molecule has 1 aromatic carbocycles. The van der Waals surface area contributed by atoms with Gasteiger partial charge in [-0.2, -0.15) is 0 Å². The summed E-state index contributed by atoms with van der Waals surface area (Å²) in [5.41, 5.74) is 0.464. The summed E-state index contributed by atoms with van der Waals surface area (Å²) in [4.78, 5) is 11.2. The molecule has 1 N–H and O–H groups in total. The number of ether oxygens (including phenoxy) is 1. The zero-order chi connectivity index (χ0) is 9.68. The van der Waals surface area contributed by atoms with E-state index in [1.54, 1.807) is 0 Å². The summed E-state index contributed by atoms with van der Waals surface area (Å²) in [6.45, 7) is 2.36. The molecule has 0 heterocycles. The van der Waals surface area contributed by atoms with Gasteiger partial charge in [-0.15, -0.1) is 0 Å². The van der Waals surface area contributed by atoms with Crippen LogP contribution in [0.25, 0.3) is 0 Å². The number of aromatic hydroxyl groups is 1. The number of hydrogen-bond acceptors (Lipinski definition) is 3. The SMILES string of the molecule is CCCO[13C](=O)[13c]1c[13cH][13c](O)[13cH][13cH]1. The van der Waals surface area contributed by atoms with Crippen LogP contribution in [0, 0.1) is 0 Å². The average molecular weight is 186 g/mol. The minimum Gasteiger partial charge on any atom is -0.508 e. The highest BCUT2D eigenvalue weighted by atomic mass is 16.6. The van der Waals surface area contributed by atoms with Crippen molar-refractivity contribution in [2.75, 3.05) is 6.61 Å². The van der Waals surface area contributed by atoms with E-state index in [-0.39, 0.29) is 11.7 Å². The van der Waals surface area contributed by atoms with E-state index >= 15 is 0 Å². The molecule has 3 heteroatoms. The second-order valence-electron chi connectivity index (χ2n) is 2.68. The van der Waals surface area contributed by atoms with Gasteiger partial charge in [0.05, 0.1) is 12.2 Å². The third-order valence-electron chi connectivity index (χ3n) is 1.54. The Kier molecular flexibility index (Phi) is 3.31. The number of phenols is 1. The molecule has 0 aliphatic rings. The first-order valence-corrected chi connectivity index (χ1v) is 4.20. The first kappa shape index (κ1) is 9.58. The van der Waals surface area contributed by atoms with Gasteiger partial charge in [0.2, 0.25) is 0 Å². The monoisotopic (exact) mass is 186 g/mol. The van der Waals surface area contributed by atoms with E-state index in [9.17, 15) is 4.79 Å². The van der Waals surface area contributed by atoms with E-state index in [1.165, 1.54) is 24.3 Å². The van der Waals surface area contributed by atoms with E-state index in [0.717, 1.165) is 6.42 Å². The van der Waals surface area contributed by atoms with Crippen molar-refractivity contribution in [2.24, 2.45) is 0 Å². The first-order valence-electron chi connectivity index (χ1n) is 4.20. The van der Waals surface area contributed by atoms with Crippen molar-refractivity contribution < 1.29 is 14.6 Å². The molecule has 0 atom stereocenters. The molecule has 0 aliphatic carbocycles. The van der Waals surface area contributed by atoms with Gasteiger partial charge < -0.3 is 9.84 Å². The molecule has 1 aromatic rings. The standard InChI is InChI=1S/C10H12O3/c1-2-7-13-10(12)8-3-5-9(11)6-4-8/h3-6,11H,2,7H2,1H3/i3+1,5+1,6+1,8+1,9+1,10+1. The van der Waals surface area contributed by atoms with Gasteiger partial charge in [-0.3, -0.25) is 0 Å². The maximum absolute atomic E-state index is 11.2. The fraction of sp³-hybridized carbons (Fsp3) is 0.300. The Bertz CT molecular complexity index is 277. The quantitative estimate of drug-likeness (QED) is 0.579. The lowest BCUT2D eigenvalue weighted by atomic mass is 10.5. The molecule has 0 amide bonds. The molecule has 0 saturated heterocycles. The van der Waals surface area contributed by atoms with Crippen LogP contribution in [-0.4, -0.2) is 17.7 Å². The fourth-order valence-corrected chi connectivity index (χ4v) is 0.876. The van der Waals surface area contributed by atoms with Gasteiger partial charge in [-0.25, -0.2) is 4.79 Å². The first-order chi connectivity index (χ1) is 6.24. The summed E-state index contributed by atoms with van der Waals surface area (Å²) in [5.74, 6) is -0.200. The van der Waals surface area contributed by atoms with Gasteiger partial charge in [0.15, 0.2) is 0 Å². The largest absolute Gasteiger partial charge is 0.508 e. The van der Waals surface area contributed by atoms with Crippen molar-refractivity contribution in [3.8, 4) is 5.75 Å². The Morgan fingerprint density at radius 3 is 2.54 bits per heavy atom. The number of carbonyl (C=O) groups excluding carboxylic acids is 1. The van der Waals surface area contributed by atoms with Crippen molar-refractivity contribution >= 4 is 5.97 Å². The van der Waals surface area contributed by atoms with Crippen molar-refractivity contribution in [1.82, 2.24) is 0 Å². The third kappa shape index (κ3) is 2.78. The van der Waals surface area contributed by atoms with Crippen LogP contribution in [0.2, 0.25) is 0 Å². The van der Waals surface area contributed by atoms with Gasteiger partial charge in [-0.1, -0.05) is 6.92 Å². The average Bonchev–Trinajstić information content (AvgIpc) is 2.15. The molecule has 3 nitrogen and oxygen atoms in total. The van der Waals surface area contributed by atoms with E-state index in [4.69, 9.17) is 9.84 Å². The molecule has 0 saturated carbocycles. The van der Waals surface area contributed by atoms with Crippen LogP contribution in [0.4, 0.5) is 0 Å². The topological polar surface area (TPSA) is 46.5 Å². The zero-order valence-electron chi connectivity index (χ0n) is 7.49. The van der Waals surface area contributed by atoms with E-state index < -0.39 is 0 Å². The Hall–Kier alpha value is -1.51. The number of rotatable bonds is 3. The van der Waals surface area contributed by atoms with Crippen LogP contribution in [0.15, 0.2) is 24.3 Å². The van der Waals surface area contributed by atoms with E-state index in [1.807, 2.05) is 6.92 Å². The van der Waals surface area contributed by atoms with Crippen LogP contribution in [0.3, 0.4) is 0 Å². The van der Waals surface area contributed by atoms with Crippen LogP contribution in [0.1, 0.15) is 23.7 Å². The normalized spacial score (nSPS) is 9.62. The summed E-state index contributed by atoms with van der Waals surface area (Å²) in [5, 5.41) is 8.96. The van der Waals surface area contributed by atoms with E-state index in [0.29, 0.717) is 12.2 Å². The molecule has 0 radical (unpaired) electrons. The summed E-state index contributed by atoms with van der Waals surface area (Å²) < 4.78 is 4.90. The molecular formula is C10H12O3. The maximum Gasteiger partial charge on any atom is 0.338 e. The number of hydrogen-bond donors (Lipinski definition) is 1. The predicted molar refractivity (Wildman–Crippen MR) is 48.7 cm³/mol. The summed E-state index contributed by atoms with van der Waals surface area (Å²) in [6, 6.07) is 5.99. The minimum absolute atomic E-state index is 0.145. The third-order valence-corrected chi connectivity index (χ3v) is 1.54. The molecule has 1 rings (SSSR count). The lowest BCUT2D eigenvalue weighted by molar-refractivity contribution is 0.0505. The minimum atomic E-state index is -0.346. The fourth-order valence-electron chi connectivity index (χ4n) is 0.876. The lowest BCUT2D eigenvalue weighted by Gasteiger charge is -2.02. The van der Waals surface area contributed by atoms with Gasteiger partial charge in [-0.05, 0) is 30.7 Å². The number of benzene rings is 1. The van der Waals surface area contributed by atoms with Crippen LogP contribution < -0.4 is 0 Å². The Balaban J connectivity index is 2.61. The van der Waals surface area contributed by atoms with Crippen LogP contribution in [-0.2, 0) is 4.74 Å². The van der Waals surface area contributed by atoms with Crippen LogP contribution in [0.5, 0.6) is 5.75 Å². The smallest absolute Gasteiger partial charge is 0.338 e. The highest BCUT2D eigenvalue weighted by Gasteiger charge is 2.05. The number of phenolic OH excluding ortho intramolecular Hbond substituents is 1. The molecule has 70 valence electrons. The highest BCUT2D eigenvalue weighted by Crippen LogP contribution is 2.10. The van der Waals surface area contributed by atoms with Gasteiger partial charge >= 0.3 is 5.97 Å². The second-order valence-corrected chi connectivity index (χ2v) is 2.68. The molecule has 13 heavy (non-hydrogen) atoms. The Labute approximate surface area is 77.0 Å². The molecule has 0 aliphatic heterocycles. The number of esters is 1. The highest BCUT2D eigenvalue weighted by molar-refractivity contribution is 5.89. The second kappa shape index (κ2) is 4.50. The maximum atomic E-state index is 11.2. The number of carbonyl (C=O) groups is 1.